The molecule has 0 atom stereocenters. The Balaban J connectivity index is 1.72. The number of anilines is 1. The van der Waals surface area contributed by atoms with Crippen LogP contribution in [0.2, 0.25) is 0 Å². The van der Waals surface area contributed by atoms with Crippen LogP contribution in [0, 0.1) is 0 Å². The van der Waals surface area contributed by atoms with E-state index >= 15 is 0 Å². The van der Waals surface area contributed by atoms with Crippen molar-refractivity contribution in [1.82, 2.24) is 10.6 Å². The third-order valence-electron chi connectivity index (χ3n) is 3.73. The van der Waals surface area contributed by atoms with Gasteiger partial charge >= 0.3 is 6.03 Å². The molecular weight excluding hydrogens is 430 g/mol. The summed E-state index contributed by atoms with van der Waals surface area (Å²) in [5, 5.41) is 7.24. The number of imide groups is 1. The molecule has 28 heavy (non-hydrogen) atoms. The van der Waals surface area contributed by atoms with Crippen molar-refractivity contribution < 1.29 is 23.9 Å². The van der Waals surface area contributed by atoms with E-state index in [9.17, 15) is 14.4 Å². The van der Waals surface area contributed by atoms with Crippen molar-refractivity contribution >= 4 is 45.5 Å². The van der Waals surface area contributed by atoms with E-state index in [4.69, 9.17) is 9.47 Å². The fraction of sp³-hybridized carbons (Fsp3) is 0.105. The molecule has 0 spiro atoms. The van der Waals surface area contributed by atoms with Crippen LogP contribution in [0.25, 0.3) is 6.08 Å². The second kappa shape index (κ2) is 8.57. The van der Waals surface area contributed by atoms with Crippen LogP contribution < -0.4 is 25.4 Å². The molecule has 0 bridgehead atoms. The lowest BCUT2D eigenvalue weighted by molar-refractivity contribution is -0.118. The van der Waals surface area contributed by atoms with E-state index in [1.807, 2.05) is 0 Å². The Bertz CT molecular complexity index is 974. The van der Waals surface area contributed by atoms with Gasteiger partial charge in [0, 0.05) is 10.0 Å². The van der Waals surface area contributed by atoms with E-state index in [0.717, 1.165) is 4.47 Å². The summed E-state index contributed by atoms with van der Waals surface area (Å²) in [6, 6.07) is 11.5. The Morgan fingerprint density at radius 1 is 1.14 bits per heavy atom. The van der Waals surface area contributed by atoms with Crippen LogP contribution in [0.3, 0.4) is 0 Å². The maximum atomic E-state index is 12.2. The Morgan fingerprint density at radius 2 is 1.93 bits per heavy atom. The van der Waals surface area contributed by atoms with Crippen molar-refractivity contribution in [3.63, 3.8) is 0 Å². The van der Waals surface area contributed by atoms with Crippen LogP contribution in [0.5, 0.6) is 11.5 Å². The smallest absolute Gasteiger partial charge is 0.326 e. The minimum atomic E-state index is -0.593. The first-order chi connectivity index (χ1) is 13.5. The van der Waals surface area contributed by atoms with Crippen molar-refractivity contribution in [2.45, 2.75) is 0 Å². The molecule has 3 rings (SSSR count). The summed E-state index contributed by atoms with van der Waals surface area (Å²) in [5.74, 6) is -0.00416. The molecular formula is C19H16BrN3O5. The van der Waals surface area contributed by atoms with Gasteiger partial charge in [0.05, 0.1) is 12.8 Å². The number of benzene rings is 2. The molecule has 1 aliphatic heterocycles. The predicted molar refractivity (Wildman–Crippen MR) is 106 cm³/mol. The number of ether oxygens (including phenoxy) is 2. The van der Waals surface area contributed by atoms with E-state index < -0.39 is 11.9 Å². The molecule has 2 aromatic carbocycles. The Kier molecular flexibility index (Phi) is 5.95. The van der Waals surface area contributed by atoms with E-state index in [1.54, 1.807) is 42.5 Å². The average molecular weight is 446 g/mol. The topological polar surface area (TPSA) is 106 Å². The van der Waals surface area contributed by atoms with Gasteiger partial charge in [0.15, 0.2) is 6.61 Å². The first kappa shape index (κ1) is 19.4. The average Bonchev–Trinajstić information content (AvgIpc) is 2.98. The highest BCUT2D eigenvalue weighted by molar-refractivity contribution is 9.10. The monoisotopic (exact) mass is 445 g/mol. The molecule has 1 heterocycles. The molecule has 0 unspecified atom stereocenters. The maximum Gasteiger partial charge on any atom is 0.326 e. The highest BCUT2D eigenvalue weighted by Gasteiger charge is 2.23. The minimum absolute atomic E-state index is 0.0893. The molecule has 2 aromatic rings. The molecule has 144 valence electrons. The number of urea groups is 1. The number of para-hydroxylation sites is 2. The normalized spacial score (nSPS) is 14.4. The third kappa shape index (κ3) is 4.68. The van der Waals surface area contributed by atoms with Crippen LogP contribution in [-0.4, -0.2) is 31.6 Å². The number of rotatable bonds is 6. The summed E-state index contributed by atoms with van der Waals surface area (Å²) in [5.41, 5.74) is 1.14. The molecule has 0 saturated carbocycles. The lowest BCUT2D eigenvalue weighted by atomic mass is 10.1. The predicted octanol–water partition coefficient (Wildman–Crippen LogP) is 2.66. The van der Waals surface area contributed by atoms with Crippen LogP contribution in [0.4, 0.5) is 10.5 Å². The lowest BCUT2D eigenvalue weighted by Gasteiger charge is -2.12. The number of amides is 4. The number of halogens is 1. The molecule has 3 N–H and O–H groups in total. The fourth-order valence-corrected chi connectivity index (χ4v) is 2.86. The van der Waals surface area contributed by atoms with Gasteiger partial charge in [-0.3, -0.25) is 14.9 Å². The number of hydrogen-bond donors (Lipinski definition) is 3. The van der Waals surface area contributed by atoms with E-state index in [1.165, 1.54) is 13.2 Å². The number of nitrogens with one attached hydrogen (secondary N) is 3. The minimum Gasteiger partial charge on any atom is -0.495 e. The van der Waals surface area contributed by atoms with Crippen molar-refractivity contribution in [3.05, 3.63) is 58.2 Å². The number of carbonyl (C=O) groups is 3. The molecule has 8 nitrogen and oxygen atoms in total. The zero-order valence-electron chi connectivity index (χ0n) is 14.7. The highest BCUT2D eigenvalue weighted by atomic mass is 79.9. The van der Waals surface area contributed by atoms with Gasteiger partial charge in [0.25, 0.3) is 11.8 Å². The van der Waals surface area contributed by atoms with Gasteiger partial charge in [-0.25, -0.2) is 4.79 Å². The summed E-state index contributed by atoms with van der Waals surface area (Å²) in [4.78, 5) is 35.2. The summed E-state index contributed by atoms with van der Waals surface area (Å²) in [6.45, 7) is -0.256. The second-order valence-electron chi connectivity index (χ2n) is 5.69. The van der Waals surface area contributed by atoms with Crippen LogP contribution in [0.15, 0.2) is 52.6 Å². The number of hydrogen-bond acceptors (Lipinski definition) is 5. The van der Waals surface area contributed by atoms with Crippen molar-refractivity contribution in [2.24, 2.45) is 0 Å². The zero-order valence-corrected chi connectivity index (χ0v) is 16.3. The Labute approximate surface area is 169 Å². The van der Waals surface area contributed by atoms with Gasteiger partial charge in [-0.05, 0) is 36.4 Å². The zero-order chi connectivity index (χ0) is 20.1. The second-order valence-corrected chi connectivity index (χ2v) is 6.60. The summed E-state index contributed by atoms with van der Waals surface area (Å²) in [6.07, 6.45) is 1.47. The molecule has 9 heteroatoms. The molecule has 1 fully saturated rings. The Morgan fingerprint density at radius 3 is 2.64 bits per heavy atom. The van der Waals surface area contributed by atoms with Crippen LogP contribution in [0.1, 0.15) is 5.56 Å². The van der Waals surface area contributed by atoms with Gasteiger partial charge in [-0.1, -0.05) is 28.1 Å². The third-order valence-corrected chi connectivity index (χ3v) is 4.22. The highest BCUT2D eigenvalue weighted by Crippen LogP contribution is 2.26. The lowest BCUT2D eigenvalue weighted by Crippen LogP contribution is -2.22. The van der Waals surface area contributed by atoms with Crippen molar-refractivity contribution in [1.29, 1.82) is 0 Å². The maximum absolute atomic E-state index is 12.2. The van der Waals surface area contributed by atoms with Gasteiger partial charge in [-0.15, -0.1) is 0 Å². The first-order valence-corrected chi connectivity index (χ1v) is 8.95. The van der Waals surface area contributed by atoms with E-state index in [-0.39, 0.29) is 18.2 Å². The van der Waals surface area contributed by atoms with E-state index in [0.29, 0.717) is 22.7 Å². The SMILES string of the molecule is COc1ccccc1NC(=O)COc1ccc(Br)cc1/C=C1\NC(=O)NC1=O. The number of methoxy groups -OCH3 is 1. The first-order valence-electron chi connectivity index (χ1n) is 8.15. The molecule has 0 aliphatic carbocycles. The molecule has 0 aromatic heterocycles. The molecule has 1 aliphatic rings. The van der Waals surface area contributed by atoms with Gasteiger partial charge in [0.2, 0.25) is 0 Å². The van der Waals surface area contributed by atoms with Crippen molar-refractivity contribution in [3.8, 4) is 11.5 Å². The molecule has 1 saturated heterocycles. The largest absolute Gasteiger partial charge is 0.495 e. The summed E-state index contributed by atoms with van der Waals surface area (Å²) < 4.78 is 11.5. The van der Waals surface area contributed by atoms with Crippen LogP contribution >= 0.6 is 15.9 Å². The fourth-order valence-electron chi connectivity index (χ4n) is 2.48. The quantitative estimate of drug-likeness (QED) is 0.468. The standard InChI is InChI=1S/C19H16BrN3O5/c1-27-16-5-3-2-4-13(16)21-17(24)10-28-15-7-6-12(20)8-11(15)9-14-18(25)23-19(26)22-14/h2-9H,10H2,1H3,(H,21,24)(H2,22,23,25,26)/b14-9-. The van der Waals surface area contributed by atoms with Gasteiger partial charge in [-0.2, -0.15) is 0 Å². The molecule has 0 radical (unpaired) electrons. The van der Waals surface area contributed by atoms with E-state index in [2.05, 4.69) is 31.9 Å². The Hall–Kier alpha value is -3.33. The summed E-state index contributed by atoms with van der Waals surface area (Å²) in [7, 11) is 1.51. The summed E-state index contributed by atoms with van der Waals surface area (Å²) >= 11 is 3.35. The number of carbonyl (C=O) groups excluding carboxylic acids is 3. The van der Waals surface area contributed by atoms with Crippen LogP contribution in [-0.2, 0) is 9.59 Å². The van der Waals surface area contributed by atoms with Crippen molar-refractivity contribution in [2.75, 3.05) is 19.0 Å². The molecule has 4 amide bonds. The van der Waals surface area contributed by atoms with Gasteiger partial charge < -0.3 is 20.1 Å². The van der Waals surface area contributed by atoms with Gasteiger partial charge in [0.1, 0.15) is 17.2 Å².